The van der Waals surface area contributed by atoms with E-state index < -0.39 is 8.80 Å². The summed E-state index contributed by atoms with van der Waals surface area (Å²) in [5, 5.41) is 0.960. The van der Waals surface area contributed by atoms with E-state index in [4.69, 9.17) is 13.3 Å². The van der Waals surface area contributed by atoms with E-state index in [1.165, 1.54) is 0 Å². The molecule has 0 saturated carbocycles. The molecule has 5 nitrogen and oxygen atoms in total. The summed E-state index contributed by atoms with van der Waals surface area (Å²) in [6, 6.07) is 57.3. The van der Waals surface area contributed by atoms with Crippen LogP contribution in [0.1, 0.15) is 20.8 Å². The molecule has 6 aromatic carbocycles. The third-order valence-corrected chi connectivity index (χ3v) is 11.2. The standard InChI is InChI=1S/C42H42N2O3Si/c1-4-45-48(46-5-2,47-6-3)42-32-30-41(31-33-42)44(38-20-14-9-15-21-38)40-28-24-35(25-29-40)34-22-26-39(27-23-34)43(36-16-10-7-11-17-36)37-18-12-8-13-19-37/h7-33H,4-6H2,1-3H3. The highest BCUT2D eigenvalue weighted by Crippen LogP contribution is 2.37. The first-order valence-corrected chi connectivity index (χ1v) is 18.4. The molecule has 0 aliphatic rings. The fourth-order valence-electron chi connectivity index (χ4n) is 5.99. The number of nitrogens with zero attached hydrogens (tertiary/aromatic N) is 2. The monoisotopic (exact) mass is 650 g/mol. The summed E-state index contributed by atoms with van der Waals surface area (Å²) in [5.41, 5.74) is 8.84. The van der Waals surface area contributed by atoms with Gasteiger partial charge in [0, 0.05) is 59.1 Å². The van der Waals surface area contributed by atoms with E-state index in [0.29, 0.717) is 19.8 Å². The number of benzene rings is 6. The Morgan fingerprint density at radius 1 is 0.354 bits per heavy atom. The third-order valence-electron chi connectivity index (χ3n) is 8.11. The van der Waals surface area contributed by atoms with Gasteiger partial charge in [0.15, 0.2) is 0 Å². The molecule has 0 fully saturated rings. The molecule has 0 spiro atoms. The molecule has 0 bridgehead atoms. The van der Waals surface area contributed by atoms with Crippen molar-refractivity contribution in [3.8, 4) is 11.1 Å². The Hall–Kier alpha value is -4.98. The smallest absolute Gasteiger partial charge is 0.370 e. The molecule has 6 heteroatoms. The van der Waals surface area contributed by atoms with Crippen LogP contribution in [-0.2, 0) is 13.3 Å². The van der Waals surface area contributed by atoms with Crippen molar-refractivity contribution in [2.45, 2.75) is 20.8 Å². The summed E-state index contributed by atoms with van der Waals surface area (Å²) >= 11 is 0. The second-order valence-corrected chi connectivity index (χ2v) is 13.7. The van der Waals surface area contributed by atoms with Crippen molar-refractivity contribution in [1.29, 1.82) is 0 Å². The Morgan fingerprint density at radius 3 is 0.917 bits per heavy atom. The predicted octanol–water partition coefficient (Wildman–Crippen LogP) is 10.5. The average Bonchev–Trinajstić information content (AvgIpc) is 3.14. The maximum atomic E-state index is 6.16. The van der Waals surface area contributed by atoms with E-state index in [1.807, 2.05) is 39.0 Å². The van der Waals surface area contributed by atoms with Crippen LogP contribution in [-0.4, -0.2) is 28.6 Å². The van der Waals surface area contributed by atoms with Crippen LogP contribution in [0, 0.1) is 0 Å². The first kappa shape index (κ1) is 32.9. The molecule has 0 aromatic heterocycles. The van der Waals surface area contributed by atoms with E-state index in [1.54, 1.807) is 0 Å². The molecule has 0 N–H and O–H groups in total. The van der Waals surface area contributed by atoms with Crippen molar-refractivity contribution >= 4 is 48.1 Å². The molecule has 0 aliphatic carbocycles. The molecular formula is C42H42N2O3Si. The summed E-state index contributed by atoms with van der Waals surface area (Å²) in [5.74, 6) is 0. The number of rotatable bonds is 14. The molecule has 6 rings (SSSR count). The largest absolute Gasteiger partial charge is 0.537 e. The summed E-state index contributed by atoms with van der Waals surface area (Å²) in [7, 11) is -3.00. The Labute approximate surface area is 286 Å². The highest BCUT2D eigenvalue weighted by Gasteiger charge is 2.43. The minimum atomic E-state index is -3.00. The van der Waals surface area contributed by atoms with Gasteiger partial charge in [-0.15, -0.1) is 0 Å². The first-order valence-electron chi connectivity index (χ1n) is 16.6. The highest BCUT2D eigenvalue weighted by atomic mass is 28.4. The van der Waals surface area contributed by atoms with Crippen molar-refractivity contribution in [2.24, 2.45) is 0 Å². The van der Waals surface area contributed by atoms with E-state index in [2.05, 4.69) is 155 Å². The lowest BCUT2D eigenvalue weighted by Crippen LogP contribution is -2.56. The summed E-state index contributed by atoms with van der Waals surface area (Å²) in [6.45, 7) is 7.51. The molecule has 0 amide bonds. The average molecular weight is 651 g/mol. The van der Waals surface area contributed by atoms with E-state index in [0.717, 1.165) is 50.4 Å². The Balaban J connectivity index is 1.29. The summed E-state index contributed by atoms with van der Waals surface area (Å²) in [6.07, 6.45) is 0. The van der Waals surface area contributed by atoms with Crippen molar-refractivity contribution in [3.05, 3.63) is 164 Å². The maximum Gasteiger partial charge on any atom is 0.537 e. The fourth-order valence-corrected chi connectivity index (χ4v) is 8.46. The second-order valence-electron chi connectivity index (χ2n) is 11.2. The Bertz CT molecular complexity index is 1780. The Morgan fingerprint density at radius 2 is 0.625 bits per heavy atom. The van der Waals surface area contributed by atoms with Gasteiger partial charge in [-0.3, -0.25) is 0 Å². The molecule has 242 valence electrons. The molecule has 0 heterocycles. The van der Waals surface area contributed by atoms with Gasteiger partial charge in [-0.25, -0.2) is 0 Å². The number of anilines is 6. The van der Waals surface area contributed by atoms with Crippen LogP contribution in [0.5, 0.6) is 0 Å². The van der Waals surface area contributed by atoms with Gasteiger partial charge in [0.25, 0.3) is 0 Å². The van der Waals surface area contributed by atoms with Crippen LogP contribution >= 0.6 is 0 Å². The van der Waals surface area contributed by atoms with E-state index in [9.17, 15) is 0 Å². The van der Waals surface area contributed by atoms with Crippen LogP contribution in [0.2, 0.25) is 0 Å². The lowest BCUT2D eigenvalue weighted by Gasteiger charge is -2.30. The normalized spacial score (nSPS) is 11.3. The van der Waals surface area contributed by atoms with Crippen LogP contribution < -0.4 is 15.0 Å². The molecule has 6 aromatic rings. The lowest BCUT2D eigenvalue weighted by molar-refractivity contribution is 0.0859. The quantitative estimate of drug-likeness (QED) is 0.110. The molecule has 0 saturated heterocycles. The van der Waals surface area contributed by atoms with Gasteiger partial charge in [0.1, 0.15) is 0 Å². The van der Waals surface area contributed by atoms with Gasteiger partial charge in [0.2, 0.25) is 0 Å². The molecule has 0 unspecified atom stereocenters. The van der Waals surface area contributed by atoms with Gasteiger partial charge >= 0.3 is 8.80 Å². The van der Waals surface area contributed by atoms with Crippen molar-refractivity contribution < 1.29 is 13.3 Å². The van der Waals surface area contributed by atoms with Gasteiger partial charge in [-0.2, -0.15) is 0 Å². The second kappa shape index (κ2) is 15.7. The van der Waals surface area contributed by atoms with Gasteiger partial charge < -0.3 is 23.1 Å². The number of hydrogen-bond acceptors (Lipinski definition) is 5. The van der Waals surface area contributed by atoms with Crippen molar-refractivity contribution in [2.75, 3.05) is 29.6 Å². The molecule has 0 aliphatic heterocycles. The van der Waals surface area contributed by atoms with Crippen molar-refractivity contribution in [1.82, 2.24) is 0 Å². The summed E-state index contributed by atoms with van der Waals surface area (Å²) < 4.78 is 18.5. The third kappa shape index (κ3) is 7.28. The molecule has 48 heavy (non-hydrogen) atoms. The van der Waals surface area contributed by atoms with Crippen molar-refractivity contribution in [3.63, 3.8) is 0 Å². The minimum Gasteiger partial charge on any atom is -0.370 e. The molecule has 0 radical (unpaired) electrons. The first-order chi connectivity index (χ1) is 23.7. The van der Waals surface area contributed by atoms with Crippen LogP contribution in [0.4, 0.5) is 34.1 Å². The van der Waals surface area contributed by atoms with Crippen LogP contribution in [0.15, 0.2) is 164 Å². The van der Waals surface area contributed by atoms with Gasteiger partial charge in [-0.05, 0) is 105 Å². The fraction of sp³-hybridized carbons (Fsp3) is 0.143. The zero-order valence-electron chi connectivity index (χ0n) is 27.8. The van der Waals surface area contributed by atoms with Gasteiger partial charge in [-0.1, -0.05) is 91.0 Å². The minimum absolute atomic E-state index is 0.525. The van der Waals surface area contributed by atoms with Crippen LogP contribution in [0.3, 0.4) is 0 Å². The van der Waals surface area contributed by atoms with Crippen LogP contribution in [0.25, 0.3) is 11.1 Å². The zero-order chi connectivity index (χ0) is 33.2. The molecule has 0 atom stereocenters. The van der Waals surface area contributed by atoms with E-state index in [-0.39, 0.29) is 0 Å². The lowest BCUT2D eigenvalue weighted by atomic mass is 10.0. The number of para-hydroxylation sites is 3. The maximum absolute atomic E-state index is 6.16. The topological polar surface area (TPSA) is 34.2 Å². The SMILES string of the molecule is CCO[Si](OCC)(OCC)c1ccc(N(c2ccccc2)c2ccc(-c3ccc(N(c4ccccc4)c4ccccc4)cc3)cc2)cc1. The van der Waals surface area contributed by atoms with E-state index >= 15 is 0 Å². The Kier molecular flexibility index (Phi) is 10.8. The highest BCUT2D eigenvalue weighted by molar-refractivity contribution is 6.75. The van der Waals surface area contributed by atoms with Gasteiger partial charge in [0.05, 0.1) is 0 Å². The summed E-state index contributed by atoms with van der Waals surface area (Å²) in [4.78, 5) is 4.54. The number of hydrogen-bond donors (Lipinski definition) is 0. The molecular weight excluding hydrogens is 609 g/mol. The zero-order valence-corrected chi connectivity index (χ0v) is 28.8. The predicted molar refractivity (Wildman–Crippen MR) is 202 cm³/mol.